The van der Waals surface area contributed by atoms with Crippen molar-refractivity contribution in [1.82, 2.24) is 0 Å². The summed E-state index contributed by atoms with van der Waals surface area (Å²) in [5.41, 5.74) is 0. The van der Waals surface area contributed by atoms with Gasteiger partial charge >= 0.3 is 0 Å². The Morgan fingerprint density at radius 1 is 1.50 bits per heavy atom. The summed E-state index contributed by atoms with van der Waals surface area (Å²) >= 11 is 5.04. The molecule has 0 aliphatic heterocycles. The summed E-state index contributed by atoms with van der Waals surface area (Å²) < 4.78 is 6.43. The first-order valence-corrected chi connectivity index (χ1v) is 6.22. The van der Waals surface area contributed by atoms with Gasteiger partial charge in [-0.2, -0.15) is 0 Å². The SMILES string of the molecule is CC(C)OCC(O)Cc1ccc(Br)s1. The summed E-state index contributed by atoms with van der Waals surface area (Å²) in [6.45, 7) is 4.34. The van der Waals surface area contributed by atoms with Gasteiger partial charge in [-0.25, -0.2) is 0 Å². The fraction of sp³-hybridized carbons (Fsp3) is 0.600. The van der Waals surface area contributed by atoms with Crippen LogP contribution in [0.1, 0.15) is 18.7 Å². The molecule has 1 unspecified atom stereocenters. The highest BCUT2D eigenvalue weighted by atomic mass is 79.9. The van der Waals surface area contributed by atoms with E-state index in [0.29, 0.717) is 13.0 Å². The first-order valence-electron chi connectivity index (χ1n) is 4.62. The maximum atomic E-state index is 9.63. The van der Waals surface area contributed by atoms with Crippen LogP contribution in [0.15, 0.2) is 15.9 Å². The van der Waals surface area contributed by atoms with Crippen molar-refractivity contribution < 1.29 is 9.84 Å². The Kier molecular flexibility index (Phi) is 5.09. The van der Waals surface area contributed by atoms with Crippen LogP contribution in [-0.2, 0) is 11.2 Å². The minimum atomic E-state index is -0.400. The molecule has 0 saturated carbocycles. The molecule has 1 atom stereocenters. The molecule has 0 spiro atoms. The van der Waals surface area contributed by atoms with Crippen molar-refractivity contribution in [3.8, 4) is 0 Å². The van der Waals surface area contributed by atoms with Crippen molar-refractivity contribution in [3.63, 3.8) is 0 Å². The van der Waals surface area contributed by atoms with Crippen LogP contribution < -0.4 is 0 Å². The lowest BCUT2D eigenvalue weighted by molar-refractivity contribution is 0.00650. The normalized spacial score (nSPS) is 13.5. The van der Waals surface area contributed by atoms with Gasteiger partial charge in [0.05, 0.1) is 22.6 Å². The number of halogens is 1. The molecule has 0 aromatic carbocycles. The van der Waals surface area contributed by atoms with E-state index in [2.05, 4.69) is 15.9 Å². The van der Waals surface area contributed by atoms with Crippen molar-refractivity contribution in [2.24, 2.45) is 0 Å². The van der Waals surface area contributed by atoms with Gasteiger partial charge in [0.1, 0.15) is 0 Å². The van der Waals surface area contributed by atoms with Gasteiger partial charge in [-0.3, -0.25) is 0 Å². The largest absolute Gasteiger partial charge is 0.390 e. The lowest BCUT2D eigenvalue weighted by Crippen LogP contribution is -2.20. The molecule has 0 aliphatic carbocycles. The van der Waals surface area contributed by atoms with Crippen LogP contribution in [-0.4, -0.2) is 23.9 Å². The van der Waals surface area contributed by atoms with Crippen molar-refractivity contribution in [2.75, 3.05) is 6.61 Å². The molecule has 1 aromatic rings. The highest BCUT2D eigenvalue weighted by molar-refractivity contribution is 9.11. The molecule has 0 bridgehead atoms. The first kappa shape index (κ1) is 12.2. The van der Waals surface area contributed by atoms with E-state index in [1.807, 2.05) is 26.0 Å². The molecule has 0 aliphatic rings. The van der Waals surface area contributed by atoms with Crippen LogP contribution in [0.3, 0.4) is 0 Å². The standard InChI is InChI=1S/C10H15BrO2S/c1-7(2)13-6-8(12)5-9-3-4-10(11)14-9/h3-4,7-8,12H,5-6H2,1-2H3. The maximum absolute atomic E-state index is 9.63. The average Bonchev–Trinajstić information content (AvgIpc) is 2.48. The molecule has 0 fully saturated rings. The van der Waals surface area contributed by atoms with Gasteiger partial charge in [0.25, 0.3) is 0 Å². The van der Waals surface area contributed by atoms with E-state index >= 15 is 0 Å². The molecule has 1 rings (SSSR count). The zero-order valence-electron chi connectivity index (χ0n) is 8.37. The molecule has 1 aromatic heterocycles. The highest BCUT2D eigenvalue weighted by Gasteiger charge is 2.08. The van der Waals surface area contributed by atoms with E-state index in [-0.39, 0.29) is 6.10 Å². The zero-order chi connectivity index (χ0) is 10.6. The van der Waals surface area contributed by atoms with E-state index in [4.69, 9.17) is 4.74 Å². The monoisotopic (exact) mass is 278 g/mol. The Labute approximate surface area is 97.0 Å². The van der Waals surface area contributed by atoms with E-state index in [9.17, 15) is 5.11 Å². The maximum Gasteiger partial charge on any atom is 0.0821 e. The van der Waals surface area contributed by atoms with E-state index in [0.717, 1.165) is 3.79 Å². The second-order valence-electron chi connectivity index (χ2n) is 3.45. The van der Waals surface area contributed by atoms with Crippen LogP contribution >= 0.6 is 27.3 Å². The van der Waals surface area contributed by atoms with Crippen molar-refractivity contribution in [3.05, 3.63) is 20.8 Å². The number of hydrogen-bond donors (Lipinski definition) is 1. The fourth-order valence-electron chi connectivity index (χ4n) is 1.06. The minimum Gasteiger partial charge on any atom is -0.390 e. The summed E-state index contributed by atoms with van der Waals surface area (Å²) in [6, 6.07) is 4.02. The number of aliphatic hydroxyl groups excluding tert-OH is 1. The molecule has 1 heterocycles. The van der Waals surface area contributed by atoms with Crippen molar-refractivity contribution in [2.45, 2.75) is 32.5 Å². The van der Waals surface area contributed by atoms with Crippen molar-refractivity contribution in [1.29, 1.82) is 0 Å². The van der Waals surface area contributed by atoms with Gasteiger partial charge in [0.15, 0.2) is 0 Å². The van der Waals surface area contributed by atoms with Gasteiger partial charge in [0.2, 0.25) is 0 Å². The molecule has 0 amide bonds. The molecule has 80 valence electrons. The second-order valence-corrected chi connectivity index (χ2v) is 5.99. The Morgan fingerprint density at radius 2 is 2.21 bits per heavy atom. The predicted octanol–water partition coefficient (Wildman–Crippen LogP) is 2.84. The zero-order valence-corrected chi connectivity index (χ0v) is 10.8. The van der Waals surface area contributed by atoms with Gasteiger partial charge in [-0.1, -0.05) is 0 Å². The van der Waals surface area contributed by atoms with Gasteiger partial charge in [-0.05, 0) is 41.9 Å². The Bertz CT molecular complexity index is 273. The lowest BCUT2D eigenvalue weighted by Gasteiger charge is -2.12. The minimum absolute atomic E-state index is 0.180. The topological polar surface area (TPSA) is 29.5 Å². The average molecular weight is 279 g/mol. The molecular weight excluding hydrogens is 264 g/mol. The molecule has 0 radical (unpaired) electrons. The van der Waals surface area contributed by atoms with Gasteiger partial charge < -0.3 is 9.84 Å². The number of thiophene rings is 1. The van der Waals surface area contributed by atoms with E-state index < -0.39 is 6.10 Å². The number of rotatable bonds is 5. The molecule has 2 nitrogen and oxygen atoms in total. The molecule has 1 N–H and O–H groups in total. The second kappa shape index (κ2) is 5.85. The Morgan fingerprint density at radius 3 is 2.71 bits per heavy atom. The summed E-state index contributed by atoms with van der Waals surface area (Å²) in [5, 5.41) is 9.63. The van der Waals surface area contributed by atoms with E-state index in [1.165, 1.54) is 4.88 Å². The summed E-state index contributed by atoms with van der Waals surface area (Å²) in [6.07, 6.45) is 0.450. The van der Waals surface area contributed by atoms with Crippen LogP contribution in [0, 0.1) is 0 Å². The smallest absolute Gasteiger partial charge is 0.0821 e. The summed E-state index contributed by atoms with van der Waals surface area (Å²) in [4.78, 5) is 1.18. The summed E-state index contributed by atoms with van der Waals surface area (Å²) in [7, 11) is 0. The van der Waals surface area contributed by atoms with Crippen LogP contribution in [0.4, 0.5) is 0 Å². The predicted molar refractivity (Wildman–Crippen MR) is 62.8 cm³/mol. The lowest BCUT2D eigenvalue weighted by atomic mass is 10.2. The van der Waals surface area contributed by atoms with Gasteiger partial charge in [0, 0.05) is 11.3 Å². The van der Waals surface area contributed by atoms with Crippen LogP contribution in [0.5, 0.6) is 0 Å². The quantitative estimate of drug-likeness (QED) is 0.898. The summed E-state index contributed by atoms with van der Waals surface area (Å²) in [5.74, 6) is 0. The van der Waals surface area contributed by atoms with Crippen LogP contribution in [0.2, 0.25) is 0 Å². The molecule has 0 saturated heterocycles. The third-order valence-corrected chi connectivity index (χ3v) is 3.33. The number of hydrogen-bond acceptors (Lipinski definition) is 3. The Balaban J connectivity index is 2.30. The molecule has 14 heavy (non-hydrogen) atoms. The molecular formula is C10H15BrO2S. The van der Waals surface area contributed by atoms with Crippen LogP contribution in [0.25, 0.3) is 0 Å². The number of aliphatic hydroxyl groups is 1. The Hall–Kier alpha value is 0.1000. The van der Waals surface area contributed by atoms with E-state index in [1.54, 1.807) is 11.3 Å². The van der Waals surface area contributed by atoms with Gasteiger partial charge in [-0.15, -0.1) is 11.3 Å². The third-order valence-electron chi connectivity index (χ3n) is 1.69. The highest BCUT2D eigenvalue weighted by Crippen LogP contribution is 2.23. The third kappa shape index (κ3) is 4.55. The first-order chi connectivity index (χ1) is 6.58. The molecule has 4 heteroatoms. The van der Waals surface area contributed by atoms with Crippen molar-refractivity contribution >= 4 is 27.3 Å². The number of ether oxygens (including phenoxy) is 1. The fourth-order valence-corrected chi connectivity index (χ4v) is 2.61.